The highest BCUT2D eigenvalue weighted by Gasteiger charge is 2.31. The molecule has 0 bridgehead atoms. The van der Waals surface area contributed by atoms with Crippen molar-refractivity contribution in [1.82, 2.24) is 9.62 Å². The lowest BCUT2D eigenvalue weighted by Gasteiger charge is -2.31. The molecule has 4 atom stereocenters. The molecule has 3 rings (SSSR count). The Balaban J connectivity index is 0.000000802. The lowest BCUT2D eigenvalue weighted by Crippen LogP contribution is -2.44. The maximum atomic E-state index is 13.4. The minimum atomic E-state index is -3.79. The third-order valence-electron chi connectivity index (χ3n) is 7.99. The Kier molecular flexibility index (Phi) is 23.7. The summed E-state index contributed by atoms with van der Waals surface area (Å²) in [4.78, 5) is 12.8. The molecular formula is C39H60N3O8S2-. The second-order valence-electron chi connectivity index (χ2n) is 12.8. The molecular weight excluding hydrogens is 703 g/mol. The van der Waals surface area contributed by atoms with E-state index in [0.29, 0.717) is 44.5 Å². The van der Waals surface area contributed by atoms with Gasteiger partial charge in [-0.3, -0.25) is 9.00 Å². The van der Waals surface area contributed by atoms with Gasteiger partial charge in [0.2, 0.25) is 15.9 Å². The van der Waals surface area contributed by atoms with Gasteiger partial charge in [-0.1, -0.05) is 98.5 Å². The van der Waals surface area contributed by atoms with Crippen molar-refractivity contribution in [3.63, 3.8) is 0 Å². The number of methoxy groups -OCH3 is 2. The van der Waals surface area contributed by atoms with Crippen LogP contribution in [0.3, 0.4) is 0 Å². The zero-order valence-corrected chi connectivity index (χ0v) is 33.2. The molecule has 11 nitrogen and oxygen atoms in total. The topological polar surface area (TPSA) is 171 Å². The van der Waals surface area contributed by atoms with Crippen LogP contribution in [0.2, 0.25) is 0 Å². The number of anilines is 1. The summed E-state index contributed by atoms with van der Waals surface area (Å²) in [6, 6.07) is 5.60. The molecule has 0 heterocycles. The van der Waals surface area contributed by atoms with E-state index in [1.807, 2.05) is 45.1 Å². The highest BCUT2D eigenvalue weighted by Crippen LogP contribution is 2.23. The van der Waals surface area contributed by atoms with E-state index >= 15 is 0 Å². The molecule has 1 aromatic rings. The van der Waals surface area contributed by atoms with Gasteiger partial charge in [0.15, 0.2) is 0 Å². The molecule has 4 N–H and O–H groups in total. The second kappa shape index (κ2) is 26.4. The summed E-state index contributed by atoms with van der Waals surface area (Å²) < 4.78 is 56.4. The van der Waals surface area contributed by atoms with E-state index in [0.717, 1.165) is 36.9 Å². The Morgan fingerprint density at radius 3 is 2.29 bits per heavy atom. The number of ether oxygens (including phenoxy) is 2. The summed E-state index contributed by atoms with van der Waals surface area (Å²) in [6.45, 7) is 6.40. The number of carbonyl (C=O) groups is 1. The Hall–Kier alpha value is -3.33. The number of nitrogens with one attached hydrogen (secondary N) is 1. The Morgan fingerprint density at radius 2 is 1.71 bits per heavy atom. The van der Waals surface area contributed by atoms with E-state index in [2.05, 4.69) is 41.8 Å². The largest absolute Gasteiger partial charge is 0.773 e. The Morgan fingerprint density at radius 1 is 1.06 bits per heavy atom. The van der Waals surface area contributed by atoms with Gasteiger partial charge in [0, 0.05) is 37.8 Å². The number of aliphatic hydroxyl groups is 1. The first-order chi connectivity index (χ1) is 24.8. The van der Waals surface area contributed by atoms with Crippen molar-refractivity contribution in [3.05, 3.63) is 96.4 Å². The van der Waals surface area contributed by atoms with Crippen LogP contribution in [-0.2, 0) is 35.4 Å². The van der Waals surface area contributed by atoms with E-state index < -0.39 is 27.1 Å². The van der Waals surface area contributed by atoms with E-state index in [1.165, 1.54) is 16.4 Å². The monoisotopic (exact) mass is 762 g/mol. The van der Waals surface area contributed by atoms with Gasteiger partial charge < -0.3 is 30.2 Å². The van der Waals surface area contributed by atoms with Gasteiger partial charge in [0.25, 0.3) is 0 Å². The molecule has 0 saturated carbocycles. The van der Waals surface area contributed by atoms with Gasteiger partial charge in [-0.15, -0.1) is 0 Å². The lowest BCUT2D eigenvalue weighted by atomic mass is 9.98. The minimum absolute atomic E-state index is 0.0119. The van der Waals surface area contributed by atoms with Crippen LogP contribution in [-0.4, -0.2) is 84.8 Å². The first-order valence-electron chi connectivity index (χ1n) is 17.6. The van der Waals surface area contributed by atoms with Crippen molar-refractivity contribution in [3.8, 4) is 0 Å². The molecule has 2 aliphatic rings. The normalized spacial score (nSPS) is 18.7. The number of aliphatic hydroxyl groups excluding tert-OH is 1. The Bertz CT molecular complexity index is 1500. The molecule has 2 aliphatic carbocycles. The number of rotatable bonds is 16. The third kappa shape index (κ3) is 19.0. The van der Waals surface area contributed by atoms with Gasteiger partial charge in [-0.2, -0.15) is 4.31 Å². The number of carbonyl (C=O) groups excluding carboxylic acids is 1. The molecule has 1 amide bonds. The molecule has 52 heavy (non-hydrogen) atoms. The van der Waals surface area contributed by atoms with Gasteiger partial charge in [-0.25, -0.2) is 8.42 Å². The van der Waals surface area contributed by atoms with Gasteiger partial charge >= 0.3 is 0 Å². The summed E-state index contributed by atoms with van der Waals surface area (Å²) in [5, 5.41) is 13.1. The van der Waals surface area contributed by atoms with Gasteiger partial charge in [0.1, 0.15) is 11.9 Å². The standard InChI is InChI=1S/C30H45N3O4S.C8H12O2.CH4O2S/c1-24(2)22-33(38(36,37)29-18-16-27(31)17-19-29)28(23-34)15-11-12-20-32-30(35)25(3)21-26-13-9-7-5-4-6-8-10-14-26;1-9-7-5-3-4-6-8(7)10-2;1-4(2)3/h4-7,10,13-14,16-19,24-25,28,34H,8-9,11-12,15,20-23,31H2,1-3H3,(H,32,35);3-5,8H,6H2,1-2H3;1H3,(H,2,3)/p-1/b6-4-,7-5-,14-10?,26-13?;;/t25-,28-;;/m0../s1. The number of nitrogens with zero attached hydrogens (tertiary/aromatic N) is 1. The van der Waals surface area contributed by atoms with Crippen LogP contribution >= 0.6 is 0 Å². The molecule has 1 aromatic carbocycles. The number of allylic oxidation sites excluding steroid dienone is 10. The molecule has 292 valence electrons. The van der Waals surface area contributed by atoms with Crippen molar-refractivity contribution < 1.29 is 36.6 Å². The molecule has 2 unspecified atom stereocenters. The smallest absolute Gasteiger partial charge is 0.243 e. The molecule has 0 fully saturated rings. The van der Waals surface area contributed by atoms with Crippen molar-refractivity contribution in [1.29, 1.82) is 0 Å². The average molecular weight is 763 g/mol. The van der Waals surface area contributed by atoms with Gasteiger partial charge in [0.05, 0.1) is 18.6 Å². The number of nitrogen functional groups attached to an aromatic ring is 1. The first-order valence-corrected chi connectivity index (χ1v) is 20.6. The molecule has 0 saturated heterocycles. The molecule has 0 spiro atoms. The maximum absolute atomic E-state index is 13.4. The minimum Gasteiger partial charge on any atom is -0.773 e. The molecule has 0 aliphatic heterocycles. The predicted octanol–water partition coefficient (Wildman–Crippen LogP) is 5.96. The fourth-order valence-electron chi connectivity index (χ4n) is 5.29. The Labute approximate surface area is 314 Å². The van der Waals surface area contributed by atoms with E-state index in [-0.39, 0.29) is 35.3 Å². The predicted molar refractivity (Wildman–Crippen MR) is 210 cm³/mol. The van der Waals surface area contributed by atoms with Crippen LogP contribution in [0.25, 0.3) is 0 Å². The van der Waals surface area contributed by atoms with Crippen LogP contribution < -0.4 is 11.1 Å². The number of amides is 1. The van der Waals surface area contributed by atoms with E-state index in [1.54, 1.807) is 26.4 Å². The summed E-state index contributed by atoms with van der Waals surface area (Å²) in [6.07, 6.45) is 27.0. The number of hydrogen-bond acceptors (Lipinski definition) is 9. The summed E-state index contributed by atoms with van der Waals surface area (Å²) >= 11 is -1.86. The number of unbranched alkanes of at least 4 members (excludes halogenated alkanes) is 1. The van der Waals surface area contributed by atoms with Crippen LogP contribution in [0.1, 0.15) is 65.7 Å². The molecule has 13 heteroatoms. The summed E-state index contributed by atoms with van der Waals surface area (Å²) in [5.41, 5.74) is 7.38. The van der Waals surface area contributed by atoms with E-state index in [9.17, 15) is 18.3 Å². The van der Waals surface area contributed by atoms with Crippen LogP contribution in [0.5, 0.6) is 0 Å². The average Bonchev–Trinajstić information content (AvgIpc) is 3.11. The van der Waals surface area contributed by atoms with Crippen molar-refractivity contribution in [2.45, 2.75) is 82.8 Å². The van der Waals surface area contributed by atoms with Crippen LogP contribution in [0.15, 0.2) is 101 Å². The summed E-state index contributed by atoms with van der Waals surface area (Å²) in [5.74, 6) is 0.866. The van der Waals surface area contributed by atoms with E-state index in [4.69, 9.17) is 24.0 Å². The quantitative estimate of drug-likeness (QED) is 0.104. The first kappa shape index (κ1) is 46.7. The van der Waals surface area contributed by atoms with Crippen molar-refractivity contribution in [2.75, 3.05) is 45.9 Å². The fraction of sp³-hybridized carbons (Fsp3) is 0.513. The fourth-order valence-corrected chi connectivity index (χ4v) is 7.10. The third-order valence-corrected chi connectivity index (χ3v) is 9.92. The zero-order valence-electron chi connectivity index (χ0n) is 31.6. The zero-order chi connectivity index (χ0) is 38.9. The maximum Gasteiger partial charge on any atom is 0.243 e. The second-order valence-corrected chi connectivity index (χ2v) is 15.5. The van der Waals surface area contributed by atoms with Gasteiger partial charge in [-0.05, 0) is 81.0 Å². The van der Waals surface area contributed by atoms with Crippen molar-refractivity contribution >= 4 is 32.7 Å². The van der Waals surface area contributed by atoms with Crippen LogP contribution in [0, 0.1) is 11.8 Å². The number of nitrogens with two attached hydrogens (primary N) is 1. The van der Waals surface area contributed by atoms with Crippen molar-refractivity contribution in [2.24, 2.45) is 11.8 Å². The van der Waals surface area contributed by atoms with Crippen LogP contribution in [0.4, 0.5) is 5.69 Å². The summed E-state index contributed by atoms with van der Waals surface area (Å²) in [7, 11) is -0.431. The molecule has 0 aromatic heterocycles. The number of hydrogen-bond donors (Lipinski definition) is 3. The number of benzene rings is 1. The SMILES string of the molecule is CC(C)CN([C@H](CO)CCCCNC(=O)[C@@H](C)CC1=CC/C=C\C=C/CC=C1)S(=O)(=O)c1ccc(N)cc1.COC1=CC=CCC1OC.CS(=O)[O-]. The molecule has 0 radical (unpaired) electrons. The lowest BCUT2D eigenvalue weighted by molar-refractivity contribution is -0.124. The number of sulfonamides is 1. The highest BCUT2D eigenvalue weighted by atomic mass is 32.2. The highest BCUT2D eigenvalue weighted by molar-refractivity contribution is 7.89.